The van der Waals surface area contributed by atoms with Gasteiger partial charge in [-0.15, -0.1) is 0 Å². The zero-order chi connectivity index (χ0) is 37.1. The average molecular weight is 733 g/mol. The maximum atomic E-state index is 17.1. The number of rotatable bonds is 8. The van der Waals surface area contributed by atoms with Crippen LogP contribution in [0.4, 0.5) is 19.4 Å². The number of aliphatic hydroxyl groups is 1. The topological polar surface area (TPSA) is 134 Å². The number of β-amino-alcohol motifs (C(OH)–C–C–N with tert-alkyl or cyclic N) is 1. The molecule has 0 bridgehead atoms. The summed E-state index contributed by atoms with van der Waals surface area (Å²) >= 11 is 0. The number of anilines is 1. The first-order valence-electron chi connectivity index (χ1n) is 18.6. The van der Waals surface area contributed by atoms with Crippen molar-refractivity contribution in [2.24, 2.45) is 5.41 Å². The average Bonchev–Trinajstić information content (AvgIpc) is 3.65. The van der Waals surface area contributed by atoms with Crippen molar-refractivity contribution in [3.8, 4) is 23.0 Å². The van der Waals surface area contributed by atoms with Gasteiger partial charge in [-0.1, -0.05) is 19.4 Å². The van der Waals surface area contributed by atoms with Crippen LogP contribution < -0.4 is 9.64 Å². The van der Waals surface area contributed by atoms with E-state index in [0.717, 1.165) is 45.2 Å². The Morgan fingerprint density at radius 3 is 2.75 bits per heavy atom. The predicted molar refractivity (Wildman–Crippen MR) is 194 cm³/mol. The molecule has 4 fully saturated rings. The number of hydrogen-bond acceptors (Lipinski definition) is 11. The van der Waals surface area contributed by atoms with Gasteiger partial charge < -0.3 is 34.2 Å². The molecule has 1 saturated carbocycles. The summed E-state index contributed by atoms with van der Waals surface area (Å²) in [6.07, 6.45) is 6.47. The number of cyclic esters (lactones) is 1. The van der Waals surface area contributed by atoms with Crippen LogP contribution in [0, 0.1) is 17.0 Å². The van der Waals surface area contributed by atoms with Crippen molar-refractivity contribution in [1.82, 2.24) is 24.8 Å². The van der Waals surface area contributed by atoms with E-state index in [9.17, 15) is 15.0 Å². The molecule has 3 saturated heterocycles. The van der Waals surface area contributed by atoms with Gasteiger partial charge in [0.15, 0.2) is 5.82 Å². The van der Waals surface area contributed by atoms with Crippen LogP contribution in [0.1, 0.15) is 51.5 Å². The molecule has 2 aromatic carbocycles. The number of hydrogen-bond donors (Lipinski definition) is 2. The summed E-state index contributed by atoms with van der Waals surface area (Å²) in [5, 5.41) is 23.1. The first-order valence-corrected chi connectivity index (χ1v) is 18.6. The van der Waals surface area contributed by atoms with Gasteiger partial charge in [0, 0.05) is 43.4 Å². The zero-order valence-electron chi connectivity index (χ0n) is 30.4. The highest BCUT2D eigenvalue weighted by molar-refractivity contribution is 6.01. The van der Waals surface area contributed by atoms with E-state index in [0.29, 0.717) is 60.3 Å². The molecule has 0 spiro atoms. The Bertz CT molecular complexity index is 2070. The highest BCUT2D eigenvalue weighted by Gasteiger charge is 2.49. The third-order valence-electron chi connectivity index (χ3n) is 11.7. The largest absolute Gasteiger partial charge is 0.508 e. The molecule has 3 aliphatic heterocycles. The van der Waals surface area contributed by atoms with Gasteiger partial charge >= 0.3 is 12.1 Å². The number of pyridine rings is 1. The number of fused-ring (bicyclic) bond motifs is 3. The van der Waals surface area contributed by atoms with Crippen LogP contribution in [-0.4, -0.2) is 118 Å². The fraction of sp³-hybridized carbons (Fsp3) is 0.538. The van der Waals surface area contributed by atoms with Gasteiger partial charge in [0.25, 0.3) is 0 Å². The lowest BCUT2D eigenvalue weighted by atomic mass is 9.75. The Kier molecular flexibility index (Phi) is 9.26. The molecule has 4 aliphatic rings. The molecular formula is C39H46F2N6O6. The van der Waals surface area contributed by atoms with Crippen molar-refractivity contribution in [1.29, 1.82) is 0 Å². The maximum Gasteiger partial charge on any atom is 0.409 e. The smallest absolute Gasteiger partial charge is 0.409 e. The number of likely N-dealkylation sites (N-methyl/N-ethyl adjacent to an activating group) is 1. The summed E-state index contributed by atoms with van der Waals surface area (Å²) in [5.41, 5.74) is -0.861. The van der Waals surface area contributed by atoms with Gasteiger partial charge in [0.05, 0.1) is 37.8 Å². The molecule has 2 aromatic heterocycles. The molecule has 4 atom stereocenters. The first-order chi connectivity index (χ1) is 25.5. The number of piperidine rings is 1. The van der Waals surface area contributed by atoms with Crippen molar-refractivity contribution >= 4 is 33.6 Å². The fourth-order valence-corrected chi connectivity index (χ4v) is 9.15. The number of aromatic nitrogens is 3. The number of carbonyl (C=O) groups is 1. The van der Waals surface area contributed by atoms with Crippen LogP contribution in [0.2, 0.25) is 0 Å². The Morgan fingerprint density at radius 1 is 1.13 bits per heavy atom. The Labute approximate surface area is 306 Å². The Hall–Kier alpha value is -4.40. The van der Waals surface area contributed by atoms with E-state index in [1.807, 2.05) is 11.8 Å². The predicted octanol–water partition coefficient (Wildman–Crippen LogP) is 5.44. The highest BCUT2D eigenvalue weighted by Crippen LogP contribution is 2.48. The van der Waals surface area contributed by atoms with Gasteiger partial charge in [-0.25, -0.2) is 13.6 Å². The van der Waals surface area contributed by atoms with Crippen LogP contribution >= 0.6 is 0 Å². The summed E-state index contributed by atoms with van der Waals surface area (Å²) < 4.78 is 49.7. The molecular weight excluding hydrogens is 686 g/mol. The number of phenolic OH excluding ortho intramolecular Hbond substituents is 1. The molecule has 5 heterocycles. The summed E-state index contributed by atoms with van der Waals surface area (Å²) in [5.74, 6) is -0.932. The molecule has 4 aromatic rings. The molecule has 282 valence electrons. The fourth-order valence-electron chi connectivity index (χ4n) is 9.15. The van der Waals surface area contributed by atoms with Crippen LogP contribution in [0.3, 0.4) is 0 Å². The standard InChI is InChI=1S/C39H46F2N6O6/c1-4-26-29(40)9-8-23-15-25(48)16-27(31(23)26)33-32(41)34-28(17-42-33)35(47-13-14-51-21-38(2,50)20-47)44-36(43-34)53-22-39-10-5-7-30(39)46(12-6-11-39)18-24-19-52-37(49)45(24)3/h8-9,15-17,24,30,48,50H,4-7,10-14,18-22H2,1-3H3/t24?,30-,38+,39-/m1/s1. The second-order valence-electron chi connectivity index (χ2n) is 15.5. The molecule has 53 heavy (non-hydrogen) atoms. The summed E-state index contributed by atoms with van der Waals surface area (Å²) in [6.45, 7) is 6.84. The Balaban J connectivity index is 1.20. The third kappa shape index (κ3) is 6.48. The van der Waals surface area contributed by atoms with Crippen LogP contribution in [0.25, 0.3) is 32.9 Å². The lowest BCUT2D eigenvalue weighted by Gasteiger charge is -2.47. The molecule has 0 radical (unpaired) electrons. The second kappa shape index (κ2) is 13.8. The van der Waals surface area contributed by atoms with Gasteiger partial charge in [-0.05, 0) is 80.1 Å². The maximum absolute atomic E-state index is 17.1. The van der Waals surface area contributed by atoms with Gasteiger partial charge in [0.1, 0.15) is 40.8 Å². The molecule has 1 unspecified atom stereocenters. The van der Waals surface area contributed by atoms with Crippen LogP contribution in [0.15, 0.2) is 30.5 Å². The molecule has 12 nitrogen and oxygen atoms in total. The quantitative estimate of drug-likeness (QED) is 0.240. The van der Waals surface area contributed by atoms with Gasteiger partial charge in [-0.2, -0.15) is 9.97 Å². The Morgan fingerprint density at radius 2 is 1.96 bits per heavy atom. The number of ether oxygens (including phenoxy) is 3. The van der Waals surface area contributed by atoms with Crippen molar-refractivity contribution < 1.29 is 38.0 Å². The number of amides is 1. The minimum absolute atomic E-state index is 0.00101. The minimum Gasteiger partial charge on any atom is -0.508 e. The van der Waals surface area contributed by atoms with Crippen molar-refractivity contribution in [2.45, 2.75) is 70.1 Å². The van der Waals surface area contributed by atoms with E-state index in [2.05, 4.69) is 14.9 Å². The molecule has 1 aliphatic carbocycles. The van der Waals surface area contributed by atoms with Crippen molar-refractivity contribution in [2.75, 3.05) is 64.6 Å². The lowest BCUT2D eigenvalue weighted by molar-refractivity contribution is -0.0123. The van der Waals surface area contributed by atoms with E-state index in [1.165, 1.54) is 24.4 Å². The number of carbonyl (C=O) groups excluding carboxylic acids is 1. The number of aryl methyl sites for hydroxylation is 1. The summed E-state index contributed by atoms with van der Waals surface area (Å²) in [6, 6.07) is 6.06. The van der Waals surface area contributed by atoms with E-state index in [4.69, 9.17) is 19.2 Å². The minimum atomic E-state index is -1.20. The zero-order valence-corrected chi connectivity index (χ0v) is 30.4. The first kappa shape index (κ1) is 35.6. The normalized spacial score (nSPS) is 26.6. The van der Waals surface area contributed by atoms with Crippen molar-refractivity contribution in [3.05, 3.63) is 47.7 Å². The number of likely N-dealkylation sites (tertiary alicyclic amines) is 1. The number of halogens is 2. The van der Waals surface area contributed by atoms with E-state index in [1.54, 1.807) is 24.9 Å². The highest BCUT2D eigenvalue weighted by atomic mass is 19.1. The van der Waals surface area contributed by atoms with E-state index in [-0.39, 0.29) is 65.3 Å². The van der Waals surface area contributed by atoms with Crippen molar-refractivity contribution in [3.63, 3.8) is 0 Å². The number of phenols is 1. The number of nitrogens with zero attached hydrogens (tertiary/aromatic N) is 6. The lowest BCUT2D eigenvalue weighted by Crippen LogP contribution is -2.55. The van der Waals surface area contributed by atoms with Crippen LogP contribution in [-0.2, 0) is 15.9 Å². The van der Waals surface area contributed by atoms with E-state index < -0.39 is 17.2 Å². The summed E-state index contributed by atoms with van der Waals surface area (Å²) in [7, 11) is 1.78. The van der Waals surface area contributed by atoms with E-state index >= 15 is 8.78 Å². The molecule has 8 rings (SSSR count). The monoisotopic (exact) mass is 732 g/mol. The molecule has 2 N–H and O–H groups in total. The summed E-state index contributed by atoms with van der Waals surface area (Å²) in [4.78, 5) is 32.1. The van der Waals surface area contributed by atoms with Gasteiger partial charge in [0.2, 0.25) is 0 Å². The SMILES string of the molecule is CCc1c(F)ccc2cc(O)cc(-c3ncc4c(N5CCOC[C@@](C)(O)C5)nc(OC[C@]56CCC[C@H]5N(CC5COC(=O)N5C)CCC6)nc4c3F)c12. The second-order valence-corrected chi connectivity index (χ2v) is 15.5. The van der Waals surface area contributed by atoms with Crippen LogP contribution in [0.5, 0.6) is 11.8 Å². The van der Waals surface area contributed by atoms with Gasteiger partial charge in [-0.3, -0.25) is 9.88 Å². The molecule has 1 amide bonds. The number of aromatic hydroxyl groups is 1. The molecule has 14 heteroatoms. The third-order valence-corrected chi connectivity index (χ3v) is 11.7. The number of benzene rings is 2.